The number of anilines is 1. The minimum absolute atomic E-state index is 0.00712. The van der Waals surface area contributed by atoms with Crippen molar-refractivity contribution in [3.05, 3.63) is 48.0 Å². The third kappa shape index (κ3) is 6.68. The number of carbonyl (C=O) groups excluding carboxylic acids is 1. The second-order valence-corrected chi connectivity index (χ2v) is 7.73. The molecule has 0 radical (unpaired) electrons. The van der Waals surface area contributed by atoms with Gasteiger partial charge in [0, 0.05) is 18.9 Å². The zero-order chi connectivity index (χ0) is 21.4. The van der Waals surface area contributed by atoms with E-state index in [1.807, 2.05) is 18.2 Å². The van der Waals surface area contributed by atoms with Gasteiger partial charge in [-0.25, -0.2) is 0 Å². The summed E-state index contributed by atoms with van der Waals surface area (Å²) in [6.07, 6.45) is -0.662. The van der Waals surface area contributed by atoms with Gasteiger partial charge >= 0.3 is 0 Å². The maximum Gasteiger partial charge on any atom is 0.265 e. The fourth-order valence-corrected chi connectivity index (χ4v) is 2.64. The molecule has 0 aliphatic heterocycles. The van der Waals surface area contributed by atoms with E-state index in [1.165, 1.54) is 0 Å². The zero-order valence-electron chi connectivity index (χ0n) is 18.1. The molecule has 0 fully saturated rings. The second kappa shape index (κ2) is 10.2. The number of methoxy groups -OCH3 is 2. The van der Waals surface area contributed by atoms with Gasteiger partial charge < -0.3 is 24.3 Å². The molecule has 6 nitrogen and oxygen atoms in total. The number of ether oxygens (including phenoxy) is 4. The molecular formula is C23H31NO5. The highest BCUT2D eigenvalue weighted by molar-refractivity contribution is 5.94. The summed E-state index contributed by atoms with van der Waals surface area (Å²) >= 11 is 0. The first-order chi connectivity index (χ1) is 13.7. The predicted octanol–water partition coefficient (Wildman–Crippen LogP) is 4.42. The first-order valence-electron chi connectivity index (χ1n) is 9.62. The van der Waals surface area contributed by atoms with E-state index in [2.05, 4.69) is 32.2 Å². The number of carbonyl (C=O) groups is 1. The molecule has 0 aromatic heterocycles. The number of nitrogens with one attached hydrogen (secondary N) is 1. The molecule has 2 aromatic rings. The SMILES string of the molecule is COCCOc1cc(NC(=O)C(C)Oc2cccc(C(C)(C)C)c2)ccc1OC. The molecular weight excluding hydrogens is 370 g/mol. The monoisotopic (exact) mass is 401 g/mol. The van der Waals surface area contributed by atoms with Gasteiger partial charge in [-0.2, -0.15) is 0 Å². The molecule has 1 N–H and O–H groups in total. The quantitative estimate of drug-likeness (QED) is 0.630. The van der Waals surface area contributed by atoms with Crippen LogP contribution in [0.15, 0.2) is 42.5 Å². The molecule has 158 valence electrons. The van der Waals surface area contributed by atoms with Crippen LogP contribution in [-0.4, -0.2) is 39.4 Å². The van der Waals surface area contributed by atoms with Crippen molar-refractivity contribution in [2.45, 2.75) is 39.2 Å². The van der Waals surface area contributed by atoms with Crippen LogP contribution in [0.5, 0.6) is 17.2 Å². The van der Waals surface area contributed by atoms with Gasteiger partial charge in [-0.3, -0.25) is 4.79 Å². The summed E-state index contributed by atoms with van der Waals surface area (Å²) < 4.78 is 21.8. The minimum atomic E-state index is -0.662. The molecule has 0 saturated carbocycles. The number of hydrogen-bond acceptors (Lipinski definition) is 5. The standard InChI is InChI=1S/C23H31NO5/c1-16(29-19-9-7-8-17(14-19)23(2,3)4)22(25)24-18-10-11-20(27-6)21(15-18)28-13-12-26-5/h7-11,14-16H,12-13H2,1-6H3,(H,24,25). The smallest absolute Gasteiger partial charge is 0.265 e. The highest BCUT2D eigenvalue weighted by atomic mass is 16.5. The number of rotatable bonds is 9. The molecule has 0 aliphatic rings. The number of amides is 1. The molecule has 0 spiro atoms. The van der Waals surface area contributed by atoms with Gasteiger partial charge in [-0.05, 0) is 42.2 Å². The third-order valence-electron chi connectivity index (χ3n) is 4.36. The molecule has 0 heterocycles. The molecule has 0 bridgehead atoms. The molecule has 1 amide bonds. The van der Waals surface area contributed by atoms with Crippen molar-refractivity contribution in [3.8, 4) is 17.2 Å². The molecule has 2 rings (SSSR count). The summed E-state index contributed by atoms with van der Waals surface area (Å²) in [5.74, 6) is 1.54. The van der Waals surface area contributed by atoms with Gasteiger partial charge in [0.1, 0.15) is 12.4 Å². The van der Waals surface area contributed by atoms with Crippen LogP contribution in [0.2, 0.25) is 0 Å². The Morgan fingerprint density at radius 3 is 2.45 bits per heavy atom. The maximum atomic E-state index is 12.6. The Balaban J connectivity index is 2.04. The van der Waals surface area contributed by atoms with Gasteiger partial charge in [0.05, 0.1) is 13.7 Å². The average molecular weight is 402 g/mol. The van der Waals surface area contributed by atoms with Crippen LogP contribution < -0.4 is 19.5 Å². The van der Waals surface area contributed by atoms with E-state index in [4.69, 9.17) is 18.9 Å². The first kappa shape index (κ1) is 22.6. The lowest BCUT2D eigenvalue weighted by Gasteiger charge is -2.21. The van der Waals surface area contributed by atoms with Crippen LogP contribution in [0.3, 0.4) is 0 Å². The van der Waals surface area contributed by atoms with Crippen LogP contribution in [-0.2, 0) is 14.9 Å². The van der Waals surface area contributed by atoms with Crippen molar-refractivity contribution >= 4 is 11.6 Å². The molecule has 0 aliphatic carbocycles. The van der Waals surface area contributed by atoms with Crippen molar-refractivity contribution in [1.29, 1.82) is 0 Å². The second-order valence-electron chi connectivity index (χ2n) is 7.73. The Bertz CT molecular complexity index is 813. The number of benzene rings is 2. The summed E-state index contributed by atoms with van der Waals surface area (Å²) in [6.45, 7) is 8.97. The van der Waals surface area contributed by atoms with Crippen LogP contribution in [0, 0.1) is 0 Å². The van der Waals surface area contributed by atoms with Crippen LogP contribution >= 0.6 is 0 Å². The number of hydrogen-bond donors (Lipinski definition) is 1. The summed E-state index contributed by atoms with van der Waals surface area (Å²) in [4.78, 5) is 12.6. The van der Waals surface area contributed by atoms with E-state index in [1.54, 1.807) is 39.3 Å². The summed E-state index contributed by atoms with van der Waals surface area (Å²) in [5, 5.41) is 2.86. The summed E-state index contributed by atoms with van der Waals surface area (Å²) in [7, 11) is 3.17. The molecule has 29 heavy (non-hydrogen) atoms. The third-order valence-corrected chi connectivity index (χ3v) is 4.36. The molecule has 1 atom stereocenters. The highest BCUT2D eigenvalue weighted by Crippen LogP contribution is 2.30. The Hall–Kier alpha value is -2.73. The van der Waals surface area contributed by atoms with Gasteiger partial charge in [-0.15, -0.1) is 0 Å². The van der Waals surface area contributed by atoms with Gasteiger partial charge in [0.15, 0.2) is 17.6 Å². The lowest BCUT2D eigenvalue weighted by molar-refractivity contribution is -0.122. The van der Waals surface area contributed by atoms with Crippen LogP contribution in [0.4, 0.5) is 5.69 Å². The topological polar surface area (TPSA) is 66.0 Å². The fourth-order valence-electron chi connectivity index (χ4n) is 2.64. The average Bonchev–Trinajstić information content (AvgIpc) is 2.68. The van der Waals surface area contributed by atoms with E-state index < -0.39 is 6.10 Å². The minimum Gasteiger partial charge on any atom is -0.493 e. The van der Waals surface area contributed by atoms with E-state index in [0.29, 0.717) is 36.1 Å². The maximum absolute atomic E-state index is 12.6. The zero-order valence-corrected chi connectivity index (χ0v) is 18.1. The Morgan fingerprint density at radius 2 is 1.79 bits per heavy atom. The first-order valence-corrected chi connectivity index (χ1v) is 9.62. The van der Waals surface area contributed by atoms with Crippen molar-refractivity contribution in [3.63, 3.8) is 0 Å². The molecule has 0 saturated heterocycles. The summed E-state index contributed by atoms with van der Waals surface area (Å²) in [5.41, 5.74) is 1.76. The van der Waals surface area contributed by atoms with E-state index >= 15 is 0 Å². The fraction of sp³-hybridized carbons (Fsp3) is 0.435. The Kier molecular flexibility index (Phi) is 7.91. The molecule has 2 aromatic carbocycles. The van der Waals surface area contributed by atoms with Crippen molar-refractivity contribution in [1.82, 2.24) is 0 Å². The lowest BCUT2D eigenvalue weighted by atomic mass is 9.87. The van der Waals surface area contributed by atoms with E-state index in [0.717, 1.165) is 5.56 Å². The van der Waals surface area contributed by atoms with Crippen LogP contribution in [0.1, 0.15) is 33.3 Å². The predicted molar refractivity (Wildman–Crippen MR) is 114 cm³/mol. The molecule has 6 heteroatoms. The van der Waals surface area contributed by atoms with Crippen molar-refractivity contribution < 1.29 is 23.7 Å². The normalized spacial score (nSPS) is 12.2. The van der Waals surface area contributed by atoms with Gasteiger partial charge in [0.2, 0.25) is 0 Å². The van der Waals surface area contributed by atoms with Crippen LogP contribution in [0.25, 0.3) is 0 Å². The largest absolute Gasteiger partial charge is 0.493 e. The molecule has 1 unspecified atom stereocenters. The summed E-state index contributed by atoms with van der Waals surface area (Å²) in [6, 6.07) is 13.0. The van der Waals surface area contributed by atoms with Gasteiger partial charge in [0.25, 0.3) is 5.91 Å². The van der Waals surface area contributed by atoms with Crippen molar-refractivity contribution in [2.24, 2.45) is 0 Å². The lowest BCUT2D eigenvalue weighted by Crippen LogP contribution is -2.30. The van der Waals surface area contributed by atoms with Gasteiger partial charge in [-0.1, -0.05) is 32.9 Å². The highest BCUT2D eigenvalue weighted by Gasteiger charge is 2.18. The van der Waals surface area contributed by atoms with E-state index in [-0.39, 0.29) is 11.3 Å². The Morgan fingerprint density at radius 1 is 1.03 bits per heavy atom. The van der Waals surface area contributed by atoms with Crippen molar-refractivity contribution in [2.75, 3.05) is 32.8 Å². The van der Waals surface area contributed by atoms with E-state index in [9.17, 15) is 4.79 Å². The Labute approximate surface area is 173 Å².